The molecule has 0 unspecified atom stereocenters. The Morgan fingerprint density at radius 2 is 1.69 bits per heavy atom. The molecule has 1 N–H and O–H groups in total. The number of anilines is 1. The highest BCUT2D eigenvalue weighted by Gasteiger charge is 2.19. The number of rotatable bonds is 4. The minimum absolute atomic E-state index is 0.139. The first-order valence-electron chi connectivity index (χ1n) is 9.04. The summed E-state index contributed by atoms with van der Waals surface area (Å²) in [5, 5.41) is 14.8. The number of amides is 1. The molecule has 0 atom stereocenters. The smallest absolute Gasteiger partial charge is 0.293 e. The SMILES string of the molecule is Cc1ccc(NC(=O)c2cc(-c3ccccc3)nc3ccccc23)c([N+](=O)[O-])c1. The maximum Gasteiger partial charge on any atom is 0.293 e. The van der Waals surface area contributed by atoms with Crippen LogP contribution in [0.25, 0.3) is 22.2 Å². The number of fused-ring (bicyclic) bond motifs is 1. The molecule has 1 heterocycles. The summed E-state index contributed by atoms with van der Waals surface area (Å²) in [6.45, 7) is 1.76. The van der Waals surface area contributed by atoms with Crippen molar-refractivity contribution in [3.8, 4) is 11.3 Å². The van der Waals surface area contributed by atoms with Crippen LogP contribution in [-0.2, 0) is 0 Å². The van der Waals surface area contributed by atoms with Crippen LogP contribution in [0, 0.1) is 17.0 Å². The Kier molecular flexibility index (Phi) is 4.75. The molecule has 0 bridgehead atoms. The molecule has 0 spiro atoms. The lowest BCUT2D eigenvalue weighted by Crippen LogP contribution is -2.14. The van der Waals surface area contributed by atoms with Crippen LogP contribution in [0.15, 0.2) is 78.9 Å². The molecular weight excluding hydrogens is 366 g/mol. The van der Waals surface area contributed by atoms with Gasteiger partial charge < -0.3 is 5.32 Å². The van der Waals surface area contributed by atoms with E-state index in [4.69, 9.17) is 0 Å². The standard InChI is InChI=1S/C23H17N3O3/c1-15-11-12-20(22(13-15)26(28)29)25-23(27)18-14-21(16-7-3-2-4-8-16)24-19-10-6-5-9-17(18)19/h2-14H,1H3,(H,25,27). The zero-order valence-electron chi connectivity index (χ0n) is 15.6. The Balaban J connectivity index is 1.81. The van der Waals surface area contributed by atoms with Crippen molar-refractivity contribution in [1.29, 1.82) is 0 Å². The second-order valence-corrected chi connectivity index (χ2v) is 6.67. The lowest BCUT2D eigenvalue weighted by atomic mass is 10.0. The van der Waals surface area contributed by atoms with Crippen LogP contribution in [-0.4, -0.2) is 15.8 Å². The van der Waals surface area contributed by atoms with Gasteiger partial charge >= 0.3 is 0 Å². The number of pyridine rings is 1. The Morgan fingerprint density at radius 1 is 0.966 bits per heavy atom. The minimum atomic E-state index is -0.497. The first-order valence-corrected chi connectivity index (χ1v) is 9.04. The van der Waals surface area contributed by atoms with Crippen LogP contribution in [0.3, 0.4) is 0 Å². The van der Waals surface area contributed by atoms with Crippen molar-refractivity contribution in [3.05, 3.63) is 100 Å². The van der Waals surface area contributed by atoms with E-state index in [-0.39, 0.29) is 11.4 Å². The average Bonchev–Trinajstić information content (AvgIpc) is 2.74. The minimum Gasteiger partial charge on any atom is -0.316 e. The fourth-order valence-corrected chi connectivity index (χ4v) is 3.21. The number of para-hydroxylation sites is 1. The Morgan fingerprint density at radius 3 is 2.45 bits per heavy atom. The van der Waals surface area contributed by atoms with E-state index in [0.717, 1.165) is 11.1 Å². The summed E-state index contributed by atoms with van der Waals surface area (Å²) in [6, 6.07) is 23.3. The van der Waals surface area contributed by atoms with Crippen molar-refractivity contribution in [3.63, 3.8) is 0 Å². The highest BCUT2D eigenvalue weighted by molar-refractivity contribution is 6.13. The fourth-order valence-electron chi connectivity index (χ4n) is 3.21. The molecule has 29 heavy (non-hydrogen) atoms. The maximum atomic E-state index is 13.1. The van der Waals surface area contributed by atoms with Gasteiger partial charge in [0.2, 0.25) is 0 Å². The summed E-state index contributed by atoms with van der Waals surface area (Å²) in [5.41, 5.74) is 3.39. The number of nitrogens with zero attached hydrogens (tertiary/aromatic N) is 2. The molecule has 0 saturated heterocycles. The summed E-state index contributed by atoms with van der Waals surface area (Å²) >= 11 is 0. The van der Waals surface area contributed by atoms with Gasteiger partial charge in [-0.25, -0.2) is 4.98 Å². The largest absolute Gasteiger partial charge is 0.316 e. The Bertz CT molecular complexity index is 1240. The van der Waals surface area contributed by atoms with Gasteiger partial charge in [-0.1, -0.05) is 54.6 Å². The normalized spacial score (nSPS) is 10.7. The molecule has 6 nitrogen and oxygen atoms in total. The van der Waals surface area contributed by atoms with E-state index in [0.29, 0.717) is 22.2 Å². The predicted octanol–water partition coefficient (Wildman–Crippen LogP) is 5.37. The van der Waals surface area contributed by atoms with Crippen molar-refractivity contribution in [1.82, 2.24) is 4.98 Å². The number of carbonyl (C=O) groups excluding carboxylic acids is 1. The average molecular weight is 383 g/mol. The number of hydrogen-bond acceptors (Lipinski definition) is 4. The Labute approximate surface area is 167 Å². The molecule has 0 radical (unpaired) electrons. The molecule has 4 aromatic rings. The van der Waals surface area contributed by atoms with E-state index in [1.54, 1.807) is 25.1 Å². The van der Waals surface area contributed by atoms with Crippen molar-refractivity contribution in [2.45, 2.75) is 6.92 Å². The number of hydrogen-bond donors (Lipinski definition) is 1. The number of aromatic nitrogens is 1. The van der Waals surface area contributed by atoms with E-state index in [2.05, 4.69) is 10.3 Å². The van der Waals surface area contributed by atoms with Crippen molar-refractivity contribution in [2.24, 2.45) is 0 Å². The quantitative estimate of drug-likeness (QED) is 0.379. The summed E-state index contributed by atoms with van der Waals surface area (Å²) in [6.07, 6.45) is 0. The van der Waals surface area contributed by atoms with Gasteiger partial charge in [-0.05, 0) is 30.7 Å². The van der Waals surface area contributed by atoms with Gasteiger partial charge in [-0.15, -0.1) is 0 Å². The van der Waals surface area contributed by atoms with Gasteiger partial charge in [0.1, 0.15) is 5.69 Å². The zero-order valence-corrected chi connectivity index (χ0v) is 15.6. The second kappa shape index (κ2) is 7.52. The second-order valence-electron chi connectivity index (χ2n) is 6.67. The molecular formula is C23H17N3O3. The van der Waals surface area contributed by atoms with E-state index in [9.17, 15) is 14.9 Å². The third-order valence-electron chi connectivity index (χ3n) is 4.63. The zero-order chi connectivity index (χ0) is 20.4. The van der Waals surface area contributed by atoms with Gasteiger partial charge in [0, 0.05) is 17.0 Å². The van der Waals surface area contributed by atoms with E-state index >= 15 is 0 Å². The highest BCUT2D eigenvalue weighted by atomic mass is 16.6. The summed E-state index contributed by atoms with van der Waals surface area (Å²) in [5.74, 6) is -0.423. The van der Waals surface area contributed by atoms with E-state index in [1.165, 1.54) is 6.07 Å². The molecule has 6 heteroatoms. The predicted molar refractivity (Wildman–Crippen MR) is 113 cm³/mol. The molecule has 0 aliphatic heterocycles. The van der Waals surface area contributed by atoms with Crippen LogP contribution in [0.2, 0.25) is 0 Å². The molecule has 0 fully saturated rings. The summed E-state index contributed by atoms with van der Waals surface area (Å²) in [7, 11) is 0. The van der Waals surface area contributed by atoms with Gasteiger partial charge in [-0.3, -0.25) is 14.9 Å². The van der Waals surface area contributed by atoms with Crippen molar-refractivity contribution in [2.75, 3.05) is 5.32 Å². The first-order chi connectivity index (χ1) is 14.0. The topological polar surface area (TPSA) is 85.1 Å². The molecule has 0 aliphatic rings. The lowest BCUT2D eigenvalue weighted by molar-refractivity contribution is -0.384. The number of nitro benzene ring substituents is 1. The van der Waals surface area contributed by atoms with Crippen LogP contribution < -0.4 is 5.32 Å². The third-order valence-corrected chi connectivity index (χ3v) is 4.63. The highest BCUT2D eigenvalue weighted by Crippen LogP contribution is 2.28. The first kappa shape index (κ1) is 18.3. The van der Waals surface area contributed by atoms with E-state index in [1.807, 2.05) is 54.6 Å². The van der Waals surface area contributed by atoms with Crippen LogP contribution in [0.1, 0.15) is 15.9 Å². The molecule has 3 aromatic carbocycles. The third kappa shape index (κ3) is 3.68. The molecule has 1 aromatic heterocycles. The number of aryl methyl sites for hydroxylation is 1. The van der Waals surface area contributed by atoms with Gasteiger partial charge in [0.15, 0.2) is 0 Å². The van der Waals surface area contributed by atoms with Crippen LogP contribution >= 0.6 is 0 Å². The number of carbonyl (C=O) groups is 1. The Hall–Kier alpha value is -4.06. The molecule has 142 valence electrons. The lowest BCUT2D eigenvalue weighted by Gasteiger charge is -2.11. The van der Waals surface area contributed by atoms with Crippen molar-refractivity contribution < 1.29 is 9.72 Å². The number of benzene rings is 3. The molecule has 0 saturated carbocycles. The molecule has 0 aliphatic carbocycles. The van der Waals surface area contributed by atoms with Crippen LogP contribution in [0.4, 0.5) is 11.4 Å². The summed E-state index contributed by atoms with van der Waals surface area (Å²) in [4.78, 5) is 28.7. The van der Waals surface area contributed by atoms with Crippen molar-refractivity contribution >= 4 is 28.2 Å². The maximum absolute atomic E-state index is 13.1. The monoisotopic (exact) mass is 383 g/mol. The molecule has 4 rings (SSSR count). The van der Waals surface area contributed by atoms with Gasteiger partial charge in [0.25, 0.3) is 11.6 Å². The number of nitrogens with one attached hydrogen (secondary N) is 1. The van der Waals surface area contributed by atoms with E-state index < -0.39 is 10.8 Å². The molecule has 1 amide bonds. The fraction of sp³-hybridized carbons (Fsp3) is 0.0435. The summed E-state index contributed by atoms with van der Waals surface area (Å²) < 4.78 is 0. The van der Waals surface area contributed by atoms with Crippen LogP contribution in [0.5, 0.6) is 0 Å². The number of nitro groups is 1. The van der Waals surface area contributed by atoms with Gasteiger partial charge in [-0.2, -0.15) is 0 Å². The van der Waals surface area contributed by atoms with Gasteiger partial charge in [0.05, 0.1) is 21.7 Å².